The number of ether oxygens (including phenoxy) is 1. The first-order valence-corrected chi connectivity index (χ1v) is 7.27. The molecule has 0 aromatic heterocycles. The zero-order valence-electron chi connectivity index (χ0n) is 10.6. The van der Waals surface area contributed by atoms with Crippen molar-refractivity contribution in [2.24, 2.45) is 5.92 Å². The molecule has 1 saturated heterocycles. The summed E-state index contributed by atoms with van der Waals surface area (Å²) in [4.78, 5) is 0. The van der Waals surface area contributed by atoms with Gasteiger partial charge in [-0.25, -0.2) is 0 Å². The van der Waals surface area contributed by atoms with Crippen molar-refractivity contribution in [2.75, 3.05) is 13.2 Å². The molecule has 2 fully saturated rings. The standard InChI is InChI=1S/C15H20ClNO/c16-13-3-1-11(2-4-13)9-12-10-18-8-7-15(12)17-14-5-6-14/h1-4,12,14-15,17H,5-10H2/t12-,15+/m1/s1. The van der Waals surface area contributed by atoms with E-state index >= 15 is 0 Å². The minimum atomic E-state index is 0.598. The van der Waals surface area contributed by atoms with Gasteiger partial charge < -0.3 is 10.1 Å². The minimum absolute atomic E-state index is 0.598. The number of halogens is 1. The lowest BCUT2D eigenvalue weighted by molar-refractivity contribution is 0.0316. The molecule has 0 spiro atoms. The molecule has 0 unspecified atom stereocenters. The fraction of sp³-hybridized carbons (Fsp3) is 0.600. The fourth-order valence-corrected chi connectivity index (χ4v) is 2.82. The summed E-state index contributed by atoms with van der Waals surface area (Å²) in [6, 6.07) is 9.62. The number of nitrogens with one attached hydrogen (secondary N) is 1. The highest BCUT2D eigenvalue weighted by Crippen LogP contribution is 2.26. The second kappa shape index (κ2) is 5.60. The maximum Gasteiger partial charge on any atom is 0.0512 e. The van der Waals surface area contributed by atoms with E-state index < -0.39 is 0 Å². The van der Waals surface area contributed by atoms with Gasteiger partial charge in [0.25, 0.3) is 0 Å². The fourth-order valence-electron chi connectivity index (χ4n) is 2.69. The van der Waals surface area contributed by atoms with Crippen LogP contribution in [0, 0.1) is 5.92 Å². The second-order valence-corrected chi connectivity index (χ2v) is 5.94. The van der Waals surface area contributed by atoms with Crippen LogP contribution in [0.3, 0.4) is 0 Å². The molecule has 2 nitrogen and oxygen atoms in total. The summed E-state index contributed by atoms with van der Waals surface area (Å²) in [5, 5.41) is 4.58. The average Bonchev–Trinajstić information content (AvgIpc) is 3.18. The topological polar surface area (TPSA) is 21.3 Å². The molecule has 0 amide bonds. The number of hydrogen-bond acceptors (Lipinski definition) is 2. The molecule has 1 saturated carbocycles. The molecule has 2 atom stereocenters. The molecule has 0 radical (unpaired) electrons. The van der Waals surface area contributed by atoms with E-state index in [4.69, 9.17) is 16.3 Å². The summed E-state index contributed by atoms with van der Waals surface area (Å²) in [5.41, 5.74) is 1.36. The molecule has 98 valence electrons. The van der Waals surface area contributed by atoms with Crippen LogP contribution in [0.15, 0.2) is 24.3 Å². The number of rotatable bonds is 4. The van der Waals surface area contributed by atoms with E-state index in [-0.39, 0.29) is 0 Å². The Morgan fingerprint density at radius 2 is 1.94 bits per heavy atom. The van der Waals surface area contributed by atoms with E-state index in [1.165, 1.54) is 18.4 Å². The predicted molar refractivity (Wildman–Crippen MR) is 74.0 cm³/mol. The Kier molecular flexibility index (Phi) is 3.88. The normalized spacial score (nSPS) is 28.3. The first-order valence-electron chi connectivity index (χ1n) is 6.89. The lowest BCUT2D eigenvalue weighted by atomic mass is 9.89. The largest absolute Gasteiger partial charge is 0.381 e. The van der Waals surface area contributed by atoms with Gasteiger partial charge in [-0.15, -0.1) is 0 Å². The second-order valence-electron chi connectivity index (χ2n) is 5.50. The summed E-state index contributed by atoms with van der Waals surface area (Å²) in [6.07, 6.45) is 4.94. The van der Waals surface area contributed by atoms with Gasteiger partial charge in [0, 0.05) is 29.6 Å². The molecule has 1 N–H and O–H groups in total. The molecular formula is C15H20ClNO. The van der Waals surface area contributed by atoms with Crippen LogP contribution in [0.4, 0.5) is 0 Å². The van der Waals surface area contributed by atoms with E-state index in [0.717, 1.165) is 37.1 Å². The highest BCUT2D eigenvalue weighted by atomic mass is 35.5. The predicted octanol–water partition coefficient (Wildman–Crippen LogP) is 3.04. The lowest BCUT2D eigenvalue weighted by Gasteiger charge is -2.32. The summed E-state index contributed by atoms with van der Waals surface area (Å²) < 4.78 is 5.64. The monoisotopic (exact) mass is 265 g/mol. The van der Waals surface area contributed by atoms with Gasteiger partial charge >= 0.3 is 0 Å². The Morgan fingerprint density at radius 3 is 2.67 bits per heavy atom. The van der Waals surface area contributed by atoms with E-state index in [2.05, 4.69) is 17.4 Å². The van der Waals surface area contributed by atoms with Crippen LogP contribution < -0.4 is 5.32 Å². The lowest BCUT2D eigenvalue weighted by Crippen LogP contribution is -2.44. The van der Waals surface area contributed by atoms with Gasteiger partial charge in [0.1, 0.15) is 0 Å². The smallest absolute Gasteiger partial charge is 0.0512 e. The molecular weight excluding hydrogens is 246 g/mol. The molecule has 3 heteroatoms. The highest BCUT2D eigenvalue weighted by Gasteiger charge is 2.31. The summed E-state index contributed by atoms with van der Waals surface area (Å²) in [5.74, 6) is 0.598. The average molecular weight is 266 g/mol. The summed E-state index contributed by atoms with van der Waals surface area (Å²) >= 11 is 5.92. The third-order valence-electron chi connectivity index (χ3n) is 3.91. The van der Waals surface area contributed by atoms with Gasteiger partial charge in [0.15, 0.2) is 0 Å². The first-order chi connectivity index (χ1) is 8.81. The third-order valence-corrected chi connectivity index (χ3v) is 4.16. The van der Waals surface area contributed by atoms with Crippen molar-refractivity contribution in [1.82, 2.24) is 5.32 Å². The van der Waals surface area contributed by atoms with Crippen LogP contribution in [-0.2, 0) is 11.2 Å². The maximum atomic E-state index is 5.92. The van der Waals surface area contributed by atoms with Crippen LogP contribution in [-0.4, -0.2) is 25.3 Å². The van der Waals surface area contributed by atoms with Crippen molar-refractivity contribution in [1.29, 1.82) is 0 Å². The van der Waals surface area contributed by atoms with Gasteiger partial charge in [-0.3, -0.25) is 0 Å². The van der Waals surface area contributed by atoms with Gasteiger partial charge in [-0.1, -0.05) is 23.7 Å². The van der Waals surface area contributed by atoms with Gasteiger partial charge in [-0.05, 0) is 43.4 Å². The molecule has 1 aliphatic carbocycles. The maximum absolute atomic E-state index is 5.92. The molecule has 1 aliphatic heterocycles. The Morgan fingerprint density at radius 1 is 1.17 bits per heavy atom. The van der Waals surface area contributed by atoms with Crippen molar-refractivity contribution in [2.45, 2.75) is 37.8 Å². The molecule has 18 heavy (non-hydrogen) atoms. The van der Waals surface area contributed by atoms with Crippen molar-refractivity contribution in [3.05, 3.63) is 34.9 Å². The first kappa shape index (κ1) is 12.5. The van der Waals surface area contributed by atoms with E-state index in [1.54, 1.807) is 0 Å². The molecule has 2 aliphatic rings. The number of hydrogen-bond donors (Lipinski definition) is 1. The van der Waals surface area contributed by atoms with E-state index in [1.807, 2.05) is 12.1 Å². The number of benzene rings is 1. The molecule has 1 heterocycles. The van der Waals surface area contributed by atoms with Crippen molar-refractivity contribution < 1.29 is 4.74 Å². The van der Waals surface area contributed by atoms with Gasteiger partial charge in [0.2, 0.25) is 0 Å². The Labute approximate surface area is 114 Å². The highest BCUT2D eigenvalue weighted by molar-refractivity contribution is 6.30. The van der Waals surface area contributed by atoms with Crippen molar-refractivity contribution in [3.63, 3.8) is 0 Å². The zero-order valence-corrected chi connectivity index (χ0v) is 11.3. The quantitative estimate of drug-likeness (QED) is 0.904. The van der Waals surface area contributed by atoms with Crippen LogP contribution in [0.5, 0.6) is 0 Å². The van der Waals surface area contributed by atoms with Crippen molar-refractivity contribution in [3.8, 4) is 0 Å². The summed E-state index contributed by atoms with van der Waals surface area (Å²) in [6.45, 7) is 1.79. The van der Waals surface area contributed by atoms with Gasteiger partial charge in [0.05, 0.1) is 6.61 Å². The molecule has 0 bridgehead atoms. The third kappa shape index (κ3) is 3.25. The Hall–Kier alpha value is -0.570. The van der Waals surface area contributed by atoms with Crippen LogP contribution in [0.1, 0.15) is 24.8 Å². The van der Waals surface area contributed by atoms with E-state index in [9.17, 15) is 0 Å². The SMILES string of the molecule is Clc1ccc(C[C@@H]2COCC[C@@H]2NC2CC2)cc1. The van der Waals surface area contributed by atoms with Crippen LogP contribution in [0.25, 0.3) is 0 Å². The molecule has 1 aromatic carbocycles. The van der Waals surface area contributed by atoms with Gasteiger partial charge in [-0.2, -0.15) is 0 Å². The molecule has 1 aromatic rings. The summed E-state index contributed by atoms with van der Waals surface area (Å²) in [7, 11) is 0. The van der Waals surface area contributed by atoms with Crippen LogP contribution in [0.2, 0.25) is 5.02 Å². The Balaban J connectivity index is 1.62. The zero-order chi connectivity index (χ0) is 12.4. The van der Waals surface area contributed by atoms with E-state index in [0.29, 0.717) is 12.0 Å². The molecule has 3 rings (SSSR count). The van der Waals surface area contributed by atoms with Crippen molar-refractivity contribution >= 4 is 11.6 Å². The Bertz CT molecular complexity index is 388. The minimum Gasteiger partial charge on any atom is -0.381 e. The van der Waals surface area contributed by atoms with Crippen LogP contribution >= 0.6 is 11.6 Å².